The van der Waals surface area contributed by atoms with E-state index in [-0.39, 0.29) is 12.5 Å². The van der Waals surface area contributed by atoms with Gasteiger partial charge in [0.1, 0.15) is 10.5 Å². The van der Waals surface area contributed by atoms with Crippen LogP contribution in [0.3, 0.4) is 0 Å². The topological polar surface area (TPSA) is 73.6 Å². The zero-order chi connectivity index (χ0) is 19.2. The van der Waals surface area contributed by atoms with Crippen LogP contribution in [0.2, 0.25) is 0 Å². The number of benzene rings is 2. The summed E-state index contributed by atoms with van der Waals surface area (Å²) in [6.45, 7) is 2.32. The van der Waals surface area contributed by atoms with E-state index in [2.05, 4.69) is 10.3 Å². The molecule has 140 valence electrons. The maximum Gasteiger partial charge on any atom is 0.257 e. The molecule has 0 unspecified atom stereocenters. The number of likely N-dealkylation sites (N-methyl/N-ethyl adjacent to an activating group) is 1. The average molecular weight is 387 g/mol. The summed E-state index contributed by atoms with van der Waals surface area (Å²) in [7, 11) is 1.53. The predicted molar refractivity (Wildman–Crippen MR) is 105 cm³/mol. The molecule has 0 spiro atoms. The van der Waals surface area contributed by atoms with Crippen LogP contribution in [0, 0.1) is 0 Å². The summed E-state index contributed by atoms with van der Waals surface area (Å²) in [5, 5.41) is 3.04. The summed E-state index contributed by atoms with van der Waals surface area (Å²) in [5.74, 6) is 1.12. The smallest absolute Gasteiger partial charge is 0.257 e. The van der Waals surface area contributed by atoms with Crippen LogP contribution in [0.4, 0.5) is 0 Å². The molecule has 0 aliphatic heterocycles. The molecule has 2 aromatic carbocycles. The predicted octanol–water partition coefficient (Wildman–Crippen LogP) is 4.09. The van der Waals surface area contributed by atoms with Gasteiger partial charge in [-0.3, -0.25) is 4.79 Å². The first-order valence-corrected chi connectivity index (χ1v) is 8.79. The van der Waals surface area contributed by atoms with Crippen LogP contribution in [-0.4, -0.2) is 31.2 Å². The van der Waals surface area contributed by atoms with Gasteiger partial charge in [-0.1, -0.05) is 29.8 Å². The highest BCUT2D eigenvalue weighted by Gasteiger charge is 2.11. The van der Waals surface area contributed by atoms with Crippen LogP contribution >= 0.6 is 11.6 Å². The fraction of sp³-hybridized carbons (Fsp3) is 0.200. The van der Waals surface area contributed by atoms with Gasteiger partial charge in [-0.2, -0.15) is 0 Å². The number of para-hydroxylation sites is 2. The number of methoxy groups -OCH3 is 1. The zero-order valence-electron chi connectivity index (χ0n) is 15.0. The summed E-state index contributed by atoms with van der Waals surface area (Å²) in [4.78, 5) is 15.9. The number of hydrogen-bond donors (Lipinski definition) is 1. The van der Waals surface area contributed by atoms with Gasteiger partial charge in [0.05, 0.1) is 7.11 Å². The number of aromatic nitrogens is 1. The normalized spacial score (nSPS) is 11.4. The quantitative estimate of drug-likeness (QED) is 0.662. The highest BCUT2D eigenvalue weighted by molar-refractivity contribution is 6.50. The third-order valence-electron chi connectivity index (χ3n) is 3.71. The van der Waals surface area contributed by atoms with Crippen molar-refractivity contribution in [1.82, 2.24) is 10.3 Å². The Balaban J connectivity index is 1.79. The van der Waals surface area contributed by atoms with Gasteiger partial charge in [-0.05, 0) is 42.8 Å². The van der Waals surface area contributed by atoms with Crippen molar-refractivity contribution in [2.24, 2.45) is 0 Å². The third kappa shape index (κ3) is 4.60. The number of ether oxygens (including phenoxy) is 2. The number of nitrogens with one attached hydrogen (secondary N) is 1. The number of fused-ring (bicyclic) bond motifs is 1. The Morgan fingerprint density at radius 3 is 2.81 bits per heavy atom. The minimum Gasteiger partial charge on any atom is -0.493 e. The van der Waals surface area contributed by atoms with Gasteiger partial charge in [0.15, 0.2) is 23.7 Å². The average Bonchev–Trinajstić information content (AvgIpc) is 3.11. The van der Waals surface area contributed by atoms with E-state index in [1.54, 1.807) is 24.3 Å². The fourth-order valence-electron chi connectivity index (χ4n) is 2.47. The Hall–Kier alpha value is -2.99. The van der Waals surface area contributed by atoms with Gasteiger partial charge in [-0.15, -0.1) is 0 Å². The van der Waals surface area contributed by atoms with Crippen molar-refractivity contribution in [1.29, 1.82) is 0 Å². The van der Waals surface area contributed by atoms with Crippen LogP contribution in [0.15, 0.2) is 46.9 Å². The molecule has 0 saturated heterocycles. The molecule has 0 aliphatic rings. The summed E-state index contributed by atoms with van der Waals surface area (Å²) in [6.07, 6.45) is 1.72. The van der Waals surface area contributed by atoms with Gasteiger partial charge in [0.2, 0.25) is 5.89 Å². The van der Waals surface area contributed by atoms with Crippen molar-refractivity contribution in [3.63, 3.8) is 0 Å². The number of carbonyl (C=O) groups is 1. The monoisotopic (exact) mass is 386 g/mol. The summed E-state index contributed by atoms with van der Waals surface area (Å²) >= 11 is 6.36. The molecule has 6 nitrogen and oxygen atoms in total. The van der Waals surface area contributed by atoms with Gasteiger partial charge in [-0.25, -0.2) is 4.98 Å². The summed E-state index contributed by atoms with van der Waals surface area (Å²) < 4.78 is 16.5. The zero-order valence-corrected chi connectivity index (χ0v) is 15.7. The van der Waals surface area contributed by atoms with Crippen LogP contribution in [0.5, 0.6) is 11.5 Å². The van der Waals surface area contributed by atoms with Crippen LogP contribution in [0.1, 0.15) is 18.4 Å². The molecule has 1 amide bonds. The molecular weight excluding hydrogens is 368 g/mol. The van der Waals surface area contributed by atoms with E-state index in [1.165, 1.54) is 7.11 Å². The van der Waals surface area contributed by atoms with E-state index in [4.69, 9.17) is 25.5 Å². The Morgan fingerprint density at radius 2 is 2.07 bits per heavy atom. The molecule has 0 fully saturated rings. The molecule has 0 aliphatic carbocycles. The lowest BCUT2D eigenvalue weighted by Crippen LogP contribution is -2.28. The van der Waals surface area contributed by atoms with E-state index < -0.39 is 0 Å². The molecule has 0 atom stereocenters. The fourth-order valence-corrected chi connectivity index (χ4v) is 2.67. The first-order valence-electron chi connectivity index (χ1n) is 8.41. The van der Waals surface area contributed by atoms with E-state index in [0.717, 1.165) is 11.1 Å². The number of amides is 1. The maximum absolute atomic E-state index is 11.5. The van der Waals surface area contributed by atoms with E-state index in [0.29, 0.717) is 34.5 Å². The van der Waals surface area contributed by atoms with Crippen LogP contribution < -0.4 is 14.8 Å². The second-order valence-electron chi connectivity index (χ2n) is 5.63. The second kappa shape index (κ2) is 8.60. The standard InChI is InChI=1S/C20H19ClN2O4/c1-3-22-19(24)12-26-17-9-8-13(11-18(17)25-2)10-14(21)20-23-15-6-4-5-7-16(15)27-20/h4-11H,3,12H2,1-2H3,(H,22,24)/b14-10-. The Labute approximate surface area is 161 Å². The molecule has 7 heteroatoms. The Morgan fingerprint density at radius 1 is 1.26 bits per heavy atom. The minimum atomic E-state index is -0.192. The lowest BCUT2D eigenvalue weighted by atomic mass is 10.2. The molecule has 1 heterocycles. The van der Waals surface area contributed by atoms with Gasteiger partial charge < -0.3 is 19.2 Å². The number of rotatable bonds is 7. The van der Waals surface area contributed by atoms with Crippen molar-refractivity contribution in [2.75, 3.05) is 20.3 Å². The van der Waals surface area contributed by atoms with Gasteiger partial charge >= 0.3 is 0 Å². The number of carbonyl (C=O) groups excluding carboxylic acids is 1. The highest BCUT2D eigenvalue weighted by Crippen LogP contribution is 2.31. The van der Waals surface area contributed by atoms with Crippen molar-refractivity contribution in [3.8, 4) is 11.5 Å². The van der Waals surface area contributed by atoms with Gasteiger partial charge in [0.25, 0.3) is 5.91 Å². The van der Waals surface area contributed by atoms with Gasteiger partial charge in [0, 0.05) is 6.54 Å². The number of nitrogens with zero attached hydrogens (tertiary/aromatic N) is 1. The molecule has 1 N–H and O–H groups in total. The molecule has 27 heavy (non-hydrogen) atoms. The van der Waals surface area contributed by atoms with E-state index in [9.17, 15) is 4.79 Å². The van der Waals surface area contributed by atoms with Crippen molar-refractivity contribution < 1.29 is 18.7 Å². The van der Waals surface area contributed by atoms with Crippen LogP contribution in [-0.2, 0) is 4.79 Å². The molecule has 3 aromatic rings. The molecular formula is C20H19ClN2O4. The van der Waals surface area contributed by atoms with Crippen molar-refractivity contribution in [3.05, 3.63) is 53.9 Å². The molecule has 0 saturated carbocycles. The molecule has 0 bridgehead atoms. The molecule has 1 aromatic heterocycles. The summed E-state index contributed by atoms with van der Waals surface area (Å²) in [6, 6.07) is 12.7. The highest BCUT2D eigenvalue weighted by atomic mass is 35.5. The van der Waals surface area contributed by atoms with E-state index in [1.807, 2.05) is 31.2 Å². The minimum absolute atomic E-state index is 0.0803. The lowest BCUT2D eigenvalue weighted by molar-refractivity contribution is -0.123. The first kappa shape index (κ1) is 18.8. The summed E-state index contributed by atoms with van der Waals surface area (Å²) in [5.41, 5.74) is 2.20. The third-order valence-corrected chi connectivity index (χ3v) is 3.98. The molecule has 0 radical (unpaired) electrons. The first-order chi connectivity index (χ1) is 13.1. The van der Waals surface area contributed by atoms with Crippen LogP contribution in [0.25, 0.3) is 22.2 Å². The Bertz CT molecular complexity index is 948. The lowest BCUT2D eigenvalue weighted by Gasteiger charge is -2.11. The van der Waals surface area contributed by atoms with Crippen molar-refractivity contribution >= 4 is 39.7 Å². The Kier molecular flexibility index (Phi) is 5.98. The number of halogens is 1. The van der Waals surface area contributed by atoms with E-state index >= 15 is 0 Å². The van der Waals surface area contributed by atoms with Crippen molar-refractivity contribution in [2.45, 2.75) is 6.92 Å². The SMILES string of the molecule is CCNC(=O)COc1ccc(/C=C(\Cl)c2nc3ccccc3o2)cc1OC. The maximum atomic E-state index is 11.5. The number of hydrogen-bond acceptors (Lipinski definition) is 5. The number of oxazole rings is 1. The largest absolute Gasteiger partial charge is 0.493 e. The molecule has 3 rings (SSSR count). The second-order valence-corrected chi connectivity index (χ2v) is 6.04.